The van der Waals surface area contributed by atoms with E-state index in [1.807, 2.05) is 13.8 Å². The zero-order valence-corrected chi connectivity index (χ0v) is 14.5. The van der Waals surface area contributed by atoms with E-state index >= 15 is 0 Å². The van der Waals surface area contributed by atoms with Crippen LogP contribution in [0.2, 0.25) is 0 Å². The summed E-state index contributed by atoms with van der Waals surface area (Å²) < 4.78 is 28.3. The normalized spacial score (nSPS) is 10.7. The van der Waals surface area contributed by atoms with Crippen molar-refractivity contribution in [1.82, 2.24) is 10.3 Å². The minimum Gasteiger partial charge on any atom is -0.397 e. The first-order chi connectivity index (χ1) is 12.3. The van der Waals surface area contributed by atoms with Crippen LogP contribution in [-0.4, -0.2) is 23.3 Å². The number of benzene rings is 1. The van der Waals surface area contributed by atoms with Gasteiger partial charge >= 0.3 is 0 Å². The molecule has 0 aliphatic rings. The van der Waals surface area contributed by atoms with Gasteiger partial charge in [0.15, 0.2) is 11.6 Å². The highest BCUT2D eigenvalue weighted by Gasteiger charge is 2.17. The molecule has 0 radical (unpaired) electrons. The first kappa shape index (κ1) is 19.3. The molecule has 0 saturated heterocycles. The second-order valence-corrected chi connectivity index (χ2v) is 6.23. The van der Waals surface area contributed by atoms with Crippen molar-refractivity contribution in [3.63, 3.8) is 0 Å². The molecule has 138 valence electrons. The van der Waals surface area contributed by atoms with Crippen molar-refractivity contribution in [2.75, 3.05) is 17.6 Å². The molecule has 0 spiro atoms. The van der Waals surface area contributed by atoms with Gasteiger partial charge in [0.25, 0.3) is 5.91 Å². The molecule has 6 nitrogen and oxygen atoms in total. The van der Waals surface area contributed by atoms with Gasteiger partial charge in [-0.25, -0.2) is 8.78 Å². The van der Waals surface area contributed by atoms with Crippen LogP contribution in [0.4, 0.5) is 20.2 Å². The SMILES string of the molecule is CC(C)CNC(=O)c1cc(F)c(NC(=O)Cc2ccc(N)cn2)c(F)c1. The molecule has 1 aromatic heterocycles. The molecule has 0 bridgehead atoms. The van der Waals surface area contributed by atoms with Crippen molar-refractivity contribution >= 4 is 23.2 Å². The topological polar surface area (TPSA) is 97.1 Å². The Morgan fingerprint density at radius 3 is 2.38 bits per heavy atom. The van der Waals surface area contributed by atoms with Gasteiger partial charge in [0, 0.05) is 17.8 Å². The summed E-state index contributed by atoms with van der Waals surface area (Å²) in [6, 6.07) is 4.89. The first-order valence-electron chi connectivity index (χ1n) is 8.03. The fourth-order valence-corrected chi connectivity index (χ4v) is 2.11. The zero-order chi connectivity index (χ0) is 19.3. The molecular formula is C18H20F2N4O2. The Labute approximate surface area is 149 Å². The van der Waals surface area contributed by atoms with Crippen LogP contribution >= 0.6 is 0 Å². The molecule has 2 rings (SSSR count). The lowest BCUT2D eigenvalue weighted by atomic mass is 10.1. The molecule has 1 heterocycles. The van der Waals surface area contributed by atoms with Gasteiger partial charge in [0.05, 0.1) is 18.3 Å². The highest BCUT2D eigenvalue weighted by molar-refractivity contribution is 5.96. The molecule has 0 saturated carbocycles. The van der Waals surface area contributed by atoms with Crippen LogP contribution < -0.4 is 16.4 Å². The number of pyridine rings is 1. The zero-order valence-electron chi connectivity index (χ0n) is 14.5. The van der Waals surface area contributed by atoms with Gasteiger partial charge in [-0.3, -0.25) is 14.6 Å². The van der Waals surface area contributed by atoms with Crippen molar-refractivity contribution < 1.29 is 18.4 Å². The Morgan fingerprint density at radius 1 is 1.19 bits per heavy atom. The molecule has 0 aliphatic heterocycles. The number of nitrogens with zero attached hydrogens (tertiary/aromatic N) is 1. The maximum atomic E-state index is 14.2. The lowest BCUT2D eigenvalue weighted by Gasteiger charge is -2.11. The molecule has 0 unspecified atom stereocenters. The van der Waals surface area contributed by atoms with Crippen molar-refractivity contribution in [2.45, 2.75) is 20.3 Å². The number of hydrogen-bond acceptors (Lipinski definition) is 4. The summed E-state index contributed by atoms with van der Waals surface area (Å²) in [5, 5.41) is 4.74. The van der Waals surface area contributed by atoms with E-state index in [0.29, 0.717) is 17.9 Å². The summed E-state index contributed by atoms with van der Waals surface area (Å²) in [4.78, 5) is 27.8. The Kier molecular flexibility index (Phi) is 6.21. The summed E-state index contributed by atoms with van der Waals surface area (Å²) in [7, 11) is 0. The molecule has 26 heavy (non-hydrogen) atoms. The van der Waals surface area contributed by atoms with E-state index in [2.05, 4.69) is 15.6 Å². The Bertz CT molecular complexity index is 784. The van der Waals surface area contributed by atoms with E-state index in [-0.39, 0.29) is 17.9 Å². The number of carbonyl (C=O) groups is 2. The molecule has 0 fully saturated rings. The molecule has 8 heteroatoms. The van der Waals surface area contributed by atoms with Gasteiger partial charge < -0.3 is 16.4 Å². The molecule has 2 aromatic rings. The van der Waals surface area contributed by atoms with Crippen LogP contribution in [-0.2, 0) is 11.2 Å². The molecule has 4 N–H and O–H groups in total. The van der Waals surface area contributed by atoms with Crippen molar-refractivity contribution in [2.24, 2.45) is 5.92 Å². The van der Waals surface area contributed by atoms with E-state index in [1.54, 1.807) is 12.1 Å². The van der Waals surface area contributed by atoms with Gasteiger partial charge in [-0.05, 0) is 30.2 Å². The maximum absolute atomic E-state index is 14.2. The highest BCUT2D eigenvalue weighted by atomic mass is 19.1. The van der Waals surface area contributed by atoms with Crippen LogP contribution in [0, 0.1) is 17.6 Å². The van der Waals surface area contributed by atoms with Crippen molar-refractivity contribution in [1.29, 1.82) is 0 Å². The second kappa shape index (κ2) is 8.37. The van der Waals surface area contributed by atoms with Crippen LogP contribution in [0.15, 0.2) is 30.5 Å². The van der Waals surface area contributed by atoms with E-state index in [0.717, 1.165) is 12.1 Å². The Hall–Kier alpha value is -3.03. The number of carbonyl (C=O) groups excluding carboxylic acids is 2. The summed E-state index contributed by atoms with van der Waals surface area (Å²) in [5.74, 6) is -3.08. The standard InChI is InChI=1S/C18H20F2N4O2/c1-10(2)8-23-18(26)11-5-14(19)17(15(20)6-11)24-16(25)7-13-4-3-12(21)9-22-13/h3-6,9-10H,7-8,21H2,1-2H3,(H,23,26)(H,24,25). The third kappa shape index (κ3) is 5.23. The number of nitrogens with one attached hydrogen (secondary N) is 2. The average Bonchev–Trinajstić information content (AvgIpc) is 2.57. The fourth-order valence-electron chi connectivity index (χ4n) is 2.11. The van der Waals surface area contributed by atoms with Gasteiger partial charge in [-0.1, -0.05) is 13.8 Å². The number of halogens is 2. The average molecular weight is 362 g/mol. The Balaban J connectivity index is 2.08. The van der Waals surface area contributed by atoms with E-state index in [4.69, 9.17) is 5.73 Å². The highest BCUT2D eigenvalue weighted by Crippen LogP contribution is 2.21. The molecule has 1 aromatic carbocycles. The molecule has 2 amide bonds. The fraction of sp³-hybridized carbons (Fsp3) is 0.278. The van der Waals surface area contributed by atoms with Crippen LogP contribution in [0.25, 0.3) is 0 Å². The number of rotatable bonds is 6. The van der Waals surface area contributed by atoms with Crippen LogP contribution in [0.5, 0.6) is 0 Å². The van der Waals surface area contributed by atoms with E-state index in [9.17, 15) is 18.4 Å². The first-order valence-corrected chi connectivity index (χ1v) is 8.03. The summed E-state index contributed by atoms with van der Waals surface area (Å²) >= 11 is 0. The number of anilines is 2. The molecule has 0 atom stereocenters. The van der Waals surface area contributed by atoms with Gasteiger partial charge in [-0.2, -0.15) is 0 Å². The van der Waals surface area contributed by atoms with Crippen LogP contribution in [0.3, 0.4) is 0 Å². The predicted octanol–water partition coefficient (Wildman–Crippen LogP) is 2.51. The van der Waals surface area contributed by atoms with E-state index in [1.165, 1.54) is 6.20 Å². The van der Waals surface area contributed by atoms with E-state index < -0.39 is 29.1 Å². The summed E-state index contributed by atoms with van der Waals surface area (Å²) in [5.41, 5.74) is 5.59. The maximum Gasteiger partial charge on any atom is 0.251 e. The number of amides is 2. The minimum atomic E-state index is -1.03. The number of aromatic nitrogens is 1. The predicted molar refractivity (Wildman–Crippen MR) is 94.5 cm³/mol. The third-order valence-electron chi connectivity index (χ3n) is 3.43. The number of nitrogen functional groups attached to an aromatic ring is 1. The van der Waals surface area contributed by atoms with Crippen molar-refractivity contribution in [3.8, 4) is 0 Å². The minimum absolute atomic E-state index is 0.154. The Morgan fingerprint density at radius 2 is 1.85 bits per heavy atom. The third-order valence-corrected chi connectivity index (χ3v) is 3.43. The van der Waals surface area contributed by atoms with Gasteiger partial charge in [0.2, 0.25) is 5.91 Å². The number of hydrogen-bond donors (Lipinski definition) is 3. The quantitative estimate of drug-likeness (QED) is 0.735. The molecular weight excluding hydrogens is 342 g/mol. The lowest BCUT2D eigenvalue weighted by molar-refractivity contribution is -0.115. The monoisotopic (exact) mass is 362 g/mol. The lowest BCUT2D eigenvalue weighted by Crippen LogP contribution is -2.27. The summed E-state index contributed by atoms with van der Waals surface area (Å²) in [6.45, 7) is 4.18. The van der Waals surface area contributed by atoms with Gasteiger partial charge in [0.1, 0.15) is 5.69 Å². The molecule has 0 aliphatic carbocycles. The largest absolute Gasteiger partial charge is 0.397 e. The smallest absolute Gasteiger partial charge is 0.251 e. The van der Waals surface area contributed by atoms with Crippen LogP contribution in [0.1, 0.15) is 29.9 Å². The van der Waals surface area contributed by atoms with Gasteiger partial charge in [-0.15, -0.1) is 0 Å². The second-order valence-electron chi connectivity index (χ2n) is 6.23. The number of nitrogens with two attached hydrogens (primary N) is 1. The van der Waals surface area contributed by atoms with Crippen molar-refractivity contribution in [3.05, 3.63) is 53.4 Å². The summed E-state index contributed by atoms with van der Waals surface area (Å²) in [6.07, 6.45) is 1.21.